The fourth-order valence-electron chi connectivity index (χ4n) is 2.27. The van der Waals surface area contributed by atoms with Crippen LogP contribution in [0.25, 0.3) is 0 Å². The SMILES string of the molecule is CC(C)[C@@H](NC(=O)Cc1ccc(OCc2ccccn2)cc1)C(=O)O. The number of benzene rings is 1. The number of nitrogens with one attached hydrogen (secondary N) is 1. The van der Waals surface area contributed by atoms with Crippen molar-refractivity contribution in [2.45, 2.75) is 32.9 Å². The summed E-state index contributed by atoms with van der Waals surface area (Å²) in [5, 5.41) is 11.7. The number of amides is 1. The molecule has 0 aliphatic rings. The smallest absolute Gasteiger partial charge is 0.326 e. The van der Waals surface area contributed by atoms with Crippen LogP contribution in [0.5, 0.6) is 5.75 Å². The number of nitrogens with zero attached hydrogens (tertiary/aromatic N) is 1. The van der Waals surface area contributed by atoms with E-state index in [2.05, 4.69) is 10.3 Å². The first-order chi connectivity index (χ1) is 12.0. The average molecular weight is 342 g/mol. The van der Waals surface area contributed by atoms with Crippen LogP contribution in [0.15, 0.2) is 48.7 Å². The molecule has 0 fully saturated rings. The molecule has 132 valence electrons. The molecule has 1 amide bonds. The topological polar surface area (TPSA) is 88.5 Å². The summed E-state index contributed by atoms with van der Waals surface area (Å²) in [5.41, 5.74) is 1.62. The Morgan fingerprint density at radius 2 is 1.88 bits per heavy atom. The van der Waals surface area contributed by atoms with Crippen molar-refractivity contribution in [3.8, 4) is 5.75 Å². The molecule has 2 aromatic rings. The van der Waals surface area contributed by atoms with E-state index in [1.807, 2.05) is 18.2 Å². The lowest BCUT2D eigenvalue weighted by Gasteiger charge is -2.17. The van der Waals surface area contributed by atoms with Gasteiger partial charge >= 0.3 is 5.97 Å². The second kappa shape index (κ2) is 8.82. The largest absolute Gasteiger partial charge is 0.487 e. The molecule has 2 N–H and O–H groups in total. The Hall–Kier alpha value is -2.89. The molecule has 6 heteroatoms. The van der Waals surface area contributed by atoms with Crippen molar-refractivity contribution in [3.63, 3.8) is 0 Å². The molecule has 0 aliphatic carbocycles. The van der Waals surface area contributed by atoms with Gasteiger partial charge < -0.3 is 15.2 Å². The standard InChI is InChI=1S/C19H22N2O4/c1-13(2)18(19(23)24)21-17(22)11-14-6-8-16(9-7-14)25-12-15-5-3-4-10-20-15/h3-10,13,18H,11-12H2,1-2H3,(H,21,22)(H,23,24)/t18-/m1/s1. The lowest BCUT2D eigenvalue weighted by atomic mass is 10.0. The van der Waals surface area contributed by atoms with Crippen molar-refractivity contribution in [2.24, 2.45) is 5.92 Å². The van der Waals surface area contributed by atoms with Crippen molar-refractivity contribution in [1.82, 2.24) is 10.3 Å². The van der Waals surface area contributed by atoms with Gasteiger partial charge in [-0.3, -0.25) is 9.78 Å². The Morgan fingerprint density at radius 3 is 2.44 bits per heavy atom. The first-order valence-corrected chi connectivity index (χ1v) is 8.09. The molecule has 25 heavy (non-hydrogen) atoms. The van der Waals surface area contributed by atoms with E-state index in [0.717, 1.165) is 11.3 Å². The molecule has 2 rings (SSSR count). The number of aromatic nitrogens is 1. The minimum Gasteiger partial charge on any atom is -0.487 e. The highest BCUT2D eigenvalue weighted by molar-refractivity contribution is 5.85. The van der Waals surface area contributed by atoms with Crippen LogP contribution in [0.3, 0.4) is 0 Å². The minimum atomic E-state index is -1.03. The normalized spacial score (nSPS) is 11.8. The Balaban J connectivity index is 1.87. The third kappa shape index (κ3) is 5.91. The van der Waals surface area contributed by atoms with Gasteiger partial charge in [-0.15, -0.1) is 0 Å². The predicted octanol–water partition coefficient (Wildman–Crippen LogP) is 2.43. The van der Waals surface area contributed by atoms with Crippen LogP contribution in [0, 0.1) is 5.92 Å². The molecule has 1 heterocycles. The van der Waals surface area contributed by atoms with Crippen molar-refractivity contribution < 1.29 is 19.4 Å². The third-order valence-corrected chi connectivity index (χ3v) is 3.65. The Labute approximate surface area is 146 Å². The summed E-state index contributed by atoms with van der Waals surface area (Å²) in [4.78, 5) is 27.3. The maximum Gasteiger partial charge on any atom is 0.326 e. The Bertz CT molecular complexity index is 699. The highest BCUT2D eigenvalue weighted by atomic mass is 16.5. The fourth-order valence-corrected chi connectivity index (χ4v) is 2.27. The van der Waals surface area contributed by atoms with Crippen molar-refractivity contribution in [2.75, 3.05) is 0 Å². The van der Waals surface area contributed by atoms with Crippen LogP contribution >= 0.6 is 0 Å². The second-order valence-electron chi connectivity index (χ2n) is 6.06. The van der Waals surface area contributed by atoms with Crippen LogP contribution in [0.4, 0.5) is 0 Å². The molecule has 1 atom stereocenters. The van der Waals surface area contributed by atoms with Gasteiger partial charge in [0, 0.05) is 6.20 Å². The number of carboxylic acid groups (broad SMARTS) is 1. The Morgan fingerprint density at radius 1 is 1.16 bits per heavy atom. The van der Waals surface area contributed by atoms with Crippen molar-refractivity contribution in [1.29, 1.82) is 0 Å². The molecule has 0 spiro atoms. The van der Waals surface area contributed by atoms with E-state index in [1.165, 1.54) is 0 Å². The summed E-state index contributed by atoms with van der Waals surface area (Å²) in [7, 11) is 0. The highest BCUT2D eigenvalue weighted by Crippen LogP contribution is 2.14. The Kier molecular flexibility index (Phi) is 6.51. The summed E-state index contributed by atoms with van der Waals surface area (Å²) in [6.45, 7) is 3.88. The van der Waals surface area contributed by atoms with Gasteiger partial charge in [0.15, 0.2) is 0 Å². The van der Waals surface area contributed by atoms with Crippen LogP contribution in [0.2, 0.25) is 0 Å². The number of carbonyl (C=O) groups excluding carboxylic acids is 1. The zero-order chi connectivity index (χ0) is 18.2. The van der Waals surface area contributed by atoms with E-state index in [9.17, 15) is 9.59 Å². The van der Waals surface area contributed by atoms with Gasteiger partial charge in [-0.25, -0.2) is 4.79 Å². The number of carboxylic acids is 1. The van der Waals surface area contributed by atoms with E-state index in [-0.39, 0.29) is 18.2 Å². The van der Waals surface area contributed by atoms with Gasteiger partial charge in [-0.1, -0.05) is 32.0 Å². The van der Waals surface area contributed by atoms with Crippen LogP contribution in [0.1, 0.15) is 25.1 Å². The summed E-state index contributed by atoms with van der Waals surface area (Å²) in [5.74, 6) is -0.839. The number of hydrogen-bond acceptors (Lipinski definition) is 4. The molecule has 0 radical (unpaired) electrons. The summed E-state index contributed by atoms with van der Waals surface area (Å²) in [6, 6.07) is 11.9. The fraction of sp³-hybridized carbons (Fsp3) is 0.316. The van der Waals surface area contributed by atoms with Crippen LogP contribution < -0.4 is 10.1 Å². The van der Waals surface area contributed by atoms with E-state index in [4.69, 9.17) is 9.84 Å². The monoisotopic (exact) mass is 342 g/mol. The summed E-state index contributed by atoms with van der Waals surface area (Å²) >= 11 is 0. The van der Waals surface area contributed by atoms with Gasteiger partial charge in [0.2, 0.25) is 5.91 Å². The van der Waals surface area contributed by atoms with E-state index < -0.39 is 12.0 Å². The number of rotatable bonds is 8. The predicted molar refractivity (Wildman–Crippen MR) is 93.1 cm³/mol. The van der Waals surface area contributed by atoms with Gasteiger partial charge in [0.05, 0.1) is 12.1 Å². The summed E-state index contributed by atoms with van der Waals surface area (Å²) in [6.07, 6.45) is 1.83. The molecule has 0 aliphatic heterocycles. The van der Waals surface area contributed by atoms with Gasteiger partial charge in [0.25, 0.3) is 0 Å². The molecular weight excluding hydrogens is 320 g/mol. The van der Waals surface area contributed by atoms with E-state index in [0.29, 0.717) is 12.4 Å². The third-order valence-electron chi connectivity index (χ3n) is 3.65. The molecular formula is C19H22N2O4. The second-order valence-corrected chi connectivity index (χ2v) is 6.06. The number of hydrogen-bond donors (Lipinski definition) is 2. The molecule has 0 saturated heterocycles. The molecule has 0 saturated carbocycles. The summed E-state index contributed by atoms with van der Waals surface area (Å²) < 4.78 is 5.64. The maximum atomic E-state index is 12.0. The van der Waals surface area contributed by atoms with Gasteiger partial charge in [-0.2, -0.15) is 0 Å². The van der Waals surface area contributed by atoms with E-state index in [1.54, 1.807) is 44.3 Å². The highest BCUT2D eigenvalue weighted by Gasteiger charge is 2.23. The molecule has 1 aromatic heterocycles. The van der Waals surface area contributed by atoms with Gasteiger partial charge in [0.1, 0.15) is 18.4 Å². The maximum absolute atomic E-state index is 12.0. The zero-order valence-electron chi connectivity index (χ0n) is 14.3. The van der Waals surface area contributed by atoms with Crippen LogP contribution in [-0.2, 0) is 22.6 Å². The number of ether oxygens (including phenoxy) is 1. The average Bonchev–Trinajstić information content (AvgIpc) is 2.59. The molecule has 0 bridgehead atoms. The zero-order valence-corrected chi connectivity index (χ0v) is 14.3. The van der Waals surface area contributed by atoms with E-state index >= 15 is 0 Å². The number of aliphatic carboxylic acids is 1. The lowest BCUT2D eigenvalue weighted by Crippen LogP contribution is -2.44. The van der Waals surface area contributed by atoms with Crippen LogP contribution in [-0.4, -0.2) is 28.0 Å². The molecule has 1 aromatic carbocycles. The van der Waals surface area contributed by atoms with Gasteiger partial charge in [-0.05, 0) is 35.7 Å². The number of carbonyl (C=O) groups is 2. The quantitative estimate of drug-likeness (QED) is 0.769. The molecule has 0 unspecified atom stereocenters. The first kappa shape index (κ1) is 18.4. The minimum absolute atomic E-state index is 0.122. The first-order valence-electron chi connectivity index (χ1n) is 8.09. The van der Waals surface area contributed by atoms with Crippen molar-refractivity contribution >= 4 is 11.9 Å². The molecule has 6 nitrogen and oxygen atoms in total. The number of pyridine rings is 1. The van der Waals surface area contributed by atoms with Crippen molar-refractivity contribution in [3.05, 3.63) is 59.9 Å². The lowest BCUT2D eigenvalue weighted by molar-refractivity contribution is -0.143.